The highest BCUT2D eigenvalue weighted by molar-refractivity contribution is 5.83. The fraction of sp³-hybridized carbons (Fsp3) is 0.235. The number of aromatic nitrogens is 2. The maximum atomic E-state index is 6.03. The topological polar surface area (TPSA) is 82.4 Å². The molecule has 6 nitrogen and oxygen atoms in total. The van der Waals surface area contributed by atoms with Gasteiger partial charge in [0.25, 0.3) is 0 Å². The molecule has 0 aliphatic carbocycles. The number of nitrogens with zero attached hydrogens (tertiary/aromatic N) is 1. The number of nitrogens with two attached hydrogens (primary N) is 1. The molecule has 6 heteroatoms. The summed E-state index contributed by atoms with van der Waals surface area (Å²) >= 11 is 0. The van der Waals surface area contributed by atoms with Crippen LogP contribution in [0.25, 0.3) is 22.4 Å². The van der Waals surface area contributed by atoms with E-state index < -0.39 is 0 Å². The molecule has 4 rings (SSSR count). The molecule has 0 atom stereocenters. The molecule has 0 saturated heterocycles. The summed E-state index contributed by atoms with van der Waals surface area (Å²) in [6.45, 7) is 3.64. The van der Waals surface area contributed by atoms with Crippen molar-refractivity contribution in [3.05, 3.63) is 30.3 Å². The molecule has 118 valence electrons. The number of nitrogen functional groups attached to an aromatic ring is 1. The molecular formula is C17H17N3O3. The van der Waals surface area contributed by atoms with E-state index in [4.69, 9.17) is 19.9 Å². The number of hydrogen-bond acceptors (Lipinski definition) is 5. The van der Waals surface area contributed by atoms with Crippen LogP contribution in [0, 0.1) is 0 Å². The van der Waals surface area contributed by atoms with Crippen LogP contribution in [0.3, 0.4) is 0 Å². The van der Waals surface area contributed by atoms with Gasteiger partial charge >= 0.3 is 0 Å². The molecule has 0 bridgehead atoms. The average Bonchev–Trinajstić information content (AvgIpc) is 2.97. The maximum Gasteiger partial charge on any atom is 0.163 e. The van der Waals surface area contributed by atoms with Crippen LogP contribution in [-0.4, -0.2) is 29.8 Å². The third-order valence-electron chi connectivity index (χ3n) is 3.73. The molecule has 1 aliphatic rings. The van der Waals surface area contributed by atoms with Crippen molar-refractivity contribution in [3.8, 4) is 28.6 Å². The first-order valence-corrected chi connectivity index (χ1v) is 7.56. The lowest BCUT2D eigenvalue weighted by atomic mass is 10.2. The van der Waals surface area contributed by atoms with Crippen LogP contribution in [-0.2, 0) is 0 Å². The molecule has 0 unspecified atom stereocenters. The lowest BCUT2D eigenvalue weighted by Gasteiger charge is -2.17. The molecule has 0 spiro atoms. The molecule has 1 aromatic heterocycles. The lowest BCUT2D eigenvalue weighted by Crippen LogP contribution is -2.15. The zero-order valence-electron chi connectivity index (χ0n) is 12.8. The molecule has 2 aromatic carbocycles. The Morgan fingerprint density at radius 1 is 1.17 bits per heavy atom. The van der Waals surface area contributed by atoms with Gasteiger partial charge in [-0.05, 0) is 25.1 Å². The second-order valence-corrected chi connectivity index (χ2v) is 5.28. The third-order valence-corrected chi connectivity index (χ3v) is 3.73. The molecular weight excluding hydrogens is 294 g/mol. The van der Waals surface area contributed by atoms with E-state index in [1.165, 1.54) is 0 Å². The predicted octanol–water partition coefficient (Wildman–Crippen LogP) is 2.98. The Bertz CT molecular complexity index is 830. The van der Waals surface area contributed by atoms with Crippen LogP contribution in [0.2, 0.25) is 0 Å². The van der Waals surface area contributed by atoms with Crippen LogP contribution in [0.1, 0.15) is 6.92 Å². The van der Waals surface area contributed by atoms with Crippen LogP contribution in [0.5, 0.6) is 17.2 Å². The van der Waals surface area contributed by atoms with Gasteiger partial charge in [-0.1, -0.05) is 0 Å². The SMILES string of the molecule is CCOc1ccc(-c2nc3cc4c(cc3[nH]2)OCCO4)cc1N. The van der Waals surface area contributed by atoms with E-state index in [1.807, 2.05) is 37.3 Å². The summed E-state index contributed by atoms with van der Waals surface area (Å²) in [5, 5.41) is 0. The van der Waals surface area contributed by atoms with Gasteiger partial charge in [0.05, 0.1) is 23.3 Å². The average molecular weight is 311 g/mol. The monoisotopic (exact) mass is 311 g/mol. The highest BCUT2D eigenvalue weighted by atomic mass is 16.6. The van der Waals surface area contributed by atoms with E-state index in [9.17, 15) is 0 Å². The first-order valence-electron chi connectivity index (χ1n) is 7.56. The number of H-pyrrole nitrogens is 1. The smallest absolute Gasteiger partial charge is 0.163 e. The summed E-state index contributed by atoms with van der Waals surface area (Å²) in [6, 6.07) is 9.46. The maximum absolute atomic E-state index is 6.03. The number of nitrogens with one attached hydrogen (secondary N) is 1. The van der Waals surface area contributed by atoms with E-state index in [0.29, 0.717) is 31.3 Å². The standard InChI is InChI=1S/C17H17N3O3/c1-2-21-14-4-3-10(7-11(14)18)17-19-12-8-15-16(9-13(12)20-17)23-6-5-22-15/h3-4,7-9H,2,5-6,18H2,1H3,(H,19,20). The Kier molecular flexibility index (Phi) is 3.22. The molecule has 1 aliphatic heterocycles. The summed E-state index contributed by atoms with van der Waals surface area (Å²) in [7, 11) is 0. The van der Waals surface area contributed by atoms with E-state index in [0.717, 1.165) is 33.9 Å². The lowest BCUT2D eigenvalue weighted by molar-refractivity contribution is 0.172. The van der Waals surface area contributed by atoms with Gasteiger partial charge in [-0.3, -0.25) is 0 Å². The van der Waals surface area contributed by atoms with Crippen molar-refractivity contribution in [2.45, 2.75) is 6.92 Å². The van der Waals surface area contributed by atoms with Gasteiger partial charge in [-0.15, -0.1) is 0 Å². The van der Waals surface area contributed by atoms with E-state index in [-0.39, 0.29) is 0 Å². The summed E-state index contributed by atoms with van der Waals surface area (Å²) < 4.78 is 16.7. The van der Waals surface area contributed by atoms with Crippen molar-refractivity contribution in [1.82, 2.24) is 9.97 Å². The minimum atomic E-state index is 0.561. The Morgan fingerprint density at radius 2 is 1.96 bits per heavy atom. The summed E-state index contributed by atoms with van der Waals surface area (Å²) in [4.78, 5) is 7.92. The van der Waals surface area contributed by atoms with Crippen LogP contribution in [0.15, 0.2) is 30.3 Å². The number of anilines is 1. The Balaban J connectivity index is 1.75. The van der Waals surface area contributed by atoms with Crippen molar-refractivity contribution >= 4 is 16.7 Å². The number of ether oxygens (including phenoxy) is 3. The van der Waals surface area contributed by atoms with Crippen molar-refractivity contribution in [1.29, 1.82) is 0 Å². The molecule has 3 aromatic rings. The Hall–Kier alpha value is -2.89. The number of benzene rings is 2. The number of aromatic amines is 1. The second-order valence-electron chi connectivity index (χ2n) is 5.28. The summed E-state index contributed by atoms with van der Waals surface area (Å²) in [5.41, 5.74) is 9.26. The normalized spacial score (nSPS) is 13.3. The van der Waals surface area contributed by atoms with Gasteiger partial charge in [0.1, 0.15) is 24.8 Å². The fourth-order valence-electron chi connectivity index (χ4n) is 2.67. The molecule has 0 amide bonds. The van der Waals surface area contributed by atoms with Crippen LogP contribution < -0.4 is 19.9 Å². The molecule has 0 fully saturated rings. The summed E-state index contributed by atoms with van der Waals surface area (Å²) in [6.07, 6.45) is 0. The highest BCUT2D eigenvalue weighted by Crippen LogP contribution is 2.35. The Labute approximate surface area is 133 Å². The first kappa shape index (κ1) is 13.8. The number of fused-ring (bicyclic) bond motifs is 2. The van der Waals surface area contributed by atoms with Gasteiger partial charge in [0.15, 0.2) is 11.5 Å². The zero-order chi connectivity index (χ0) is 15.8. The van der Waals surface area contributed by atoms with Crippen molar-refractivity contribution < 1.29 is 14.2 Å². The molecule has 23 heavy (non-hydrogen) atoms. The van der Waals surface area contributed by atoms with Crippen molar-refractivity contribution in [2.75, 3.05) is 25.6 Å². The van der Waals surface area contributed by atoms with Gasteiger partial charge in [0.2, 0.25) is 0 Å². The summed E-state index contributed by atoms with van der Waals surface area (Å²) in [5.74, 6) is 2.90. The van der Waals surface area contributed by atoms with Crippen molar-refractivity contribution in [2.24, 2.45) is 0 Å². The zero-order valence-corrected chi connectivity index (χ0v) is 12.8. The van der Waals surface area contributed by atoms with Gasteiger partial charge in [-0.2, -0.15) is 0 Å². The molecule has 3 N–H and O–H groups in total. The Morgan fingerprint density at radius 3 is 2.70 bits per heavy atom. The van der Waals surface area contributed by atoms with Crippen LogP contribution in [0.4, 0.5) is 5.69 Å². The number of rotatable bonds is 3. The highest BCUT2D eigenvalue weighted by Gasteiger charge is 2.15. The van der Waals surface area contributed by atoms with E-state index in [1.54, 1.807) is 0 Å². The molecule has 0 saturated carbocycles. The van der Waals surface area contributed by atoms with E-state index in [2.05, 4.69) is 9.97 Å². The van der Waals surface area contributed by atoms with Crippen LogP contribution >= 0.6 is 0 Å². The quantitative estimate of drug-likeness (QED) is 0.727. The number of imidazole rings is 1. The number of hydrogen-bond donors (Lipinski definition) is 2. The third kappa shape index (κ3) is 2.42. The largest absolute Gasteiger partial charge is 0.492 e. The second kappa shape index (κ2) is 5.39. The van der Waals surface area contributed by atoms with Gasteiger partial charge in [0, 0.05) is 17.7 Å². The first-order chi connectivity index (χ1) is 11.2. The van der Waals surface area contributed by atoms with E-state index >= 15 is 0 Å². The minimum Gasteiger partial charge on any atom is -0.492 e. The fourth-order valence-corrected chi connectivity index (χ4v) is 2.67. The minimum absolute atomic E-state index is 0.561. The van der Waals surface area contributed by atoms with Gasteiger partial charge < -0.3 is 24.9 Å². The van der Waals surface area contributed by atoms with Crippen molar-refractivity contribution in [3.63, 3.8) is 0 Å². The molecule has 0 radical (unpaired) electrons. The van der Waals surface area contributed by atoms with Gasteiger partial charge in [-0.25, -0.2) is 4.98 Å². The predicted molar refractivity (Wildman–Crippen MR) is 88.1 cm³/mol. The molecule has 2 heterocycles.